The van der Waals surface area contributed by atoms with Crippen LogP contribution in [0.3, 0.4) is 0 Å². The number of anilines is 2. The van der Waals surface area contributed by atoms with Crippen LogP contribution < -0.4 is 11.1 Å². The Morgan fingerprint density at radius 1 is 1.39 bits per heavy atom. The molecular formula is C13H16ClN3S. The molecule has 0 saturated carbocycles. The maximum absolute atomic E-state index is 5.98. The lowest BCUT2D eigenvalue weighted by molar-refractivity contribution is 0.890. The van der Waals surface area contributed by atoms with Crippen LogP contribution in [0.2, 0.25) is 5.02 Å². The van der Waals surface area contributed by atoms with E-state index in [1.165, 1.54) is 4.88 Å². The molecule has 3 nitrogen and oxygen atoms in total. The highest BCUT2D eigenvalue weighted by molar-refractivity contribution is 7.11. The summed E-state index contributed by atoms with van der Waals surface area (Å²) in [5.74, 6) is 0. The zero-order chi connectivity index (χ0) is 13.3. The SMILES string of the molecule is Cc1nc(C)c(C(C)Nc2cc(Cl)ccc2N)s1. The summed E-state index contributed by atoms with van der Waals surface area (Å²) in [7, 11) is 0. The lowest BCUT2D eigenvalue weighted by atomic mass is 10.2. The van der Waals surface area contributed by atoms with Crippen LogP contribution in [0.15, 0.2) is 18.2 Å². The minimum absolute atomic E-state index is 0.164. The molecule has 0 aliphatic rings. The highest BCUT2D eigenvalue weighted by Crippen LogP contribution is 2.30. The average molecular weight is 282 g/mol. The monoisotopic (exact) mass is 281 g/mol. The standard InChI is InChI=1S/C13H16ClN3S/c1-7-13(18-9(3)16-7)8(2)17-12-6-10(14)4-5-11(12)15/h4-6,8,17H,15H2,1-3H3. The van der Waals surface area contributed by atoms with Crippen LogP contribution in [0.1, 0.15) is 28.5 Å². The fourth-order valence-corrected chi connectivity index (χ4v) is 3.00. The van der Waals surface area contributed by atoms with Crippen molar-refractivity contribution in [2.45, 2.75) is 26.8 Å². The minimum Gasteiger partial charge on any atom is -0.397 e. The van der Waals surface area contributed by atoms with E-state index in [2.05, 4.69) is 17.2 Å². The van der Waals surface area contributed by atoms with Crippen molar-refractivity contribution in [3.8, 4) is 0 Å². The fraction of sp³-hybridized carbons (Fsp3) is 0.308. The van der Waals surface area contributed by atoms with Crippen molar-refractivity contribution in [2.75, 3.05) is 11.1 Å². The van der Waals surface area contributed by atoms with Crippen molar-refractivity contribution in [2.24, 2.45) is 0 Å². The number of nitrogens with zero attached hydrogens (tertiary/aromatic N) is 1. The molecule has 0 fully saturated rings. The smallest absolute Gasteiger partial charge is 0.0900 e. The second-order valence-corrected chi connectivity index (χ2v) is 5.95. The molecule has 0 spiro atoms. The first-order chi connectivity index (χ1) is 8.47. The summed E-state index contributed by atoms with van der Waals surface area (Å²) in [5.41, 5.74) is 8.55. The van der Waals surface area contributed by atoms with Crippen LogP contribution in [0.25, 0.3) is 0 Å². The molecule has 0 aliphatic carbocycles. The van der Waals surface area contributed by atoms with Gasteiger partial charge in [0, 0.05) is 9.90 Å². The fourth-order valence-electron chi connectivity index (χ4n) is 1.90. The van der Waals surface area contributed by atoms with Gasteiger partial charge < -0.3 is 11.1 Å². The number of hydrogen-bond donors (Lipinski definition) is 2. The van der Waals surface area contributed by atoms with Crippen LogP contribution in [-0.2, 0) is 0 Å². The molecule has 1 heterocycles. The third-order valence-electron chi connectivity index (χ3n) is 2.72. The molecule has 0 aliphatic heterocycles. The largest absolute Gasteiger partial charge is 0.397 e. The van der Waals surface area contributed by atoms with E-state index in [0.29, 0.717) is 10.7 Å². The Labute approximate surface area is 116 Å². The van der Waals surface area contributed by atoms with Crippen molar-refractivity contribution >= 4 is 34.3 Å². The highest BCUT2D eigenvalue weighted by Gasteiger charge is 2.13. The first-order valence-electron chi connectivity index (χ1n) is 5.73. The molecule has 0 saturated heterocycles. The predicted octanol–water partition coefficient (Wildman–Crippen LogP) is 4.17. The second-order valence-electron chi connectivity index (χ2n) is 4.28. The molecule has 0 amide bonds. The summed E-state index contributed by atoms with van der Waals surface area (Å²) in [6.45, 7) is 6.14. The third kappa shape index (κ3) is 2.76. The lowest BCUT2D eigenvalue weighted by Gasteiger charge is -2.16. The summed E-state index contributed by atoms with van der Waals surface area (Å²) in [6.07, 6.45) is 0. The average Bonchev–Trinajstić information content (AvgIpc) is 2.63. The number of nitrogen functional groups attached to an aromatic ring is 1. The predicted molar refractivity (Wildman–Crippen MR) is 79.5 cm³/mol. The second kappa shape index (κ2) is 5.16. The van der Waals surface area contributed by atoms with E-state index < -0.39 is 0 Å². The Kier molecular flexibility index (Phi) is 3.78. The van der Waals surface area contributed by atoms with Gasteiger partial charge in [-0.3, -0.25) is 0 Å². The lowest BCUT2D eigenvalue weighted by Crippen LogP contribution is -2.08. The number of aromatic nitrogens is 1. The Hall–Kier alpha value is -1.26. The maximum Gasteiger partial charge on any atom is 0.0900 e. The molecule has 0 radical (unpaired) electrons. The highest BCUT2D eigenvalue weighted by atomic mass is 35.5. The van der Waals surface area contributed by atoms with Gasteiger partial charge in [-0.05, 0) is 39.0 Å². The first-order valence-corrected chi connectivity index (χ1v) is 6.92. The Balaban J connectivity index is 2.23. The minimum atomic E-state index is 0.164. The van der Waals surface area contributed by atoms with Gasteiger partial charge in [-0.2, -0.15) is 0 Å². The molecule has 1 unspecified atom stereocenters. The molecule has 3 N–H and O–H groups in total. The van der Waals surface area contributed by atoms with E-state index in [9.17, 15) is 0 Å². The summed E-state index contributed by atoms with van der Waals surface area (Å²) < 4.78 is 0. The number of nitrogens with two attached hydrogens (primary N) is 1. The van der Waals surface area contributed by atoms with E-state index in [0.717, 1.165) is 16.4 Å². The molecule has 1 aromatic heterocycles. The number of thiazole rings is 1. The van der Waals surface area contributed by atoms with Gasteiger partial charge in [-0.25, -0.2) is 4.98 Å². The van der Waals surface area contributed by atoms with Crippen LogP contribution in [0, 0.1) is 13.8 Å². The number of halogens is 1. The Morgan fingerprint density at radius 2 is 2.11 bits per heavy atom. The zero-order valence-corrected chi connectivity index (χ0v) is 12.2. The van der Waals surface area contributed by atoms with Gasteiger partial charge in [0.05, 0.1) is 28.1 Å². The van der Waals surface area contributed by atoms with Crippen LogP contribution >= 0.6 is 22.9 Å². The molecule has 1 atom stereocenters. The maximum atomic E-state index is 5.98. The summed E-state index contributed by atoms with van der Waals surface area (Å²) in [4.78, 5) is 5.66. The van der Waals surface area contributed by atoms with Gasteiger partial charge >= 0.3 is 0 Å². The van der Waals surface area contributed by atoms with Crippen LogP contribution in [0.5, 0.6) is 0 Å². The van der Waals surface area contributed by atoms with Gasteiger partial charge in [0.25, 0.3) is 0 Å². The van der Waals surface area contributed by atoms with E-state index in [-0.39, 0.29) is 6.04 Å². The van der Waals surface area contributed by atoms with Gasteiger partial charge in [-0.15, -0.1) is 11.3 Å². The van der Waals surface area contributed by atoms with E-state index in [4.69, 9.17) is 17.3 Å². The Morgan fingerprint density at radius 3 is 2.72 bits per heavy atom. The molecule has 2 aromatic rings. The summed E-state index contributed by atoms with van der Waals surface area (Å²) in [5, 5.41) is 5.14. The van der Waals surface area contributed by atoms with Gasteiger partial charge in [0.2, 0.25) is 0 Å². The number of nitrogens with one attached hydrogen (secondary N) is 1. The van der Waals surface area contributed by atoms with Crippen molar-refractivity contribution in [1.82, 2.24) is 4.98 Å². The van der Waals surface area contributed by atoms with Crippen LogP contribution in [0.4, 0.5) is 11.4 Å². The van der Waals surface area contributed by atoms with Crippen molar-refractivity contribution in [1.29, 1.82) is 0 Å². The molecule has 5 heteroatoms. The summed E-state index contributed by atoms with van der Waals surface area (Å²) in [6, 6.07) is 5.60. The molecule has 2 rings (SSSR count). The van der Waals surface area contributed by atoms with Gasteiger partial charge in [0.15, 0.2) is 0 Å². The van der Waals surface area contributed by atoms with Gasteiger partial charge in [-0.1, -0.05) is 11.6 Å². The van der Waals surface area contributed by atoms with Crippen molar-refractivity contribution < 1.29 is 0 Å². The molecule has 18 heavy (non-hydrogen) atoms. The van der Waals surface area contributed by atoms with E-state index in [1.54, 1.807) is 17.4 Å². The number of rotatable bonds is 3. The number of aryl methyl sites for hydroxylation is 2. The topological polar surface area (TPSA) is 50.9 Å². The third-order valence-corrected chi connectivity index (χ3v) is 4.21. The summed E-state index contributed by atoms with van der Waals surface area (Å²) >= 11 is 7.68. The Bertz CT molecular complexity index is 565. The normalized spacial score (nSPS) is 12.4. The zero-order valence-electron chi connectivity index (χ0n) is 10.6. The first kappa shape index (κ1) is 13.2. The van der Waals surface area contributed by atoms with Crippen LogP contribution in [-0.4, -0.2) is 4.98 Å². The van der Waals surface area contributed by atoms with Gasteiger partial charge in [0.1, 0.15) is 0 Å². The molecule has 1 aromatic carbocycles. The number of benzene rings is 1. The molecule has 96 valence electrons. The quantitative estimate of drug-likeness (QED) is 0.830. The van der Waals surface area contributed by atoms with Crippen molar-refractivity contribution in [3.05, 3.63) is 38.8 Å². The van der Waals surface area contributed by atoms with E-state index in [1.807, 2.05) is 26.0 Å². The molecule has 0 bridgehead atoms. The van der Waals surface area contributed by atoms with E-state index >= 15 is 0 Å². The number of hydrogen-bond acceptors (Lipinski definition) is 4. The molecular weight excluding hydrogens is 266 g/mol. The van der Waals surface area contributed by atoms with Crippen molar-refractivity contribution in [3.63, 3.8) is 0 Å².